The molecule has 21 heavy (non-hydrogen) atoms. The summed E-state index contributed by atoms with van der Waals surface area (Å²) in [6.07, 6.45) is 6.18. The number of aromatic nitrogens is 4. The third-order valence-corrected chi connectivity index (χ3v) is 2.64. The molecule has 0 bridgehead atoms. The number of nitrogen functional groups attached to an aromatic ring is 1. The van der Waals surface area contributed by atoms with Crippen molar-refractivity contribution in [3.8, 4) is 12.0 Å². The maximum absolute atomic E-state index is 5.60. The van der Waals surface area contributed by atoms with Gasteiger partial charge in [-0.05, 0) is 37.0 Å². The van der Waals surface area contributed by atoms with Gasteiger partial charge in [-0.15, -0.1) is 4.98 Å². The first-order valence-electron chi connectivity index (χ1n) is 6.94. The van der Waals surface area contributed by atoms with Crippen molar-refractivity contribution in [1.29, 1.82) is 0 Å². The summed E-state index contributed by atoms with van der Waals surface area (Å²) in [4.78, 5) is 15.9. The molecule has 0 fully saturated rings. The Labute approximate surface area is 123 Å². The van der Waals surface area contributed by atoms with E-state index in [4.69, 9.17) is 15.2 Å². The van der Waals surface area contributed by atoms with Gasteiger partial charge in [0.2, 0.25) is 5.95 Å². The number of rotatable bonds is 8. The molecule has 112 valence electrons. The summed E-state index contributed by atoms with van der Waals surface area (Å²) < 4.78 is 10.8. The van der Waals surface area contributed by atoms with Gasteiger partial charge in [0.1, 0.15) is 0 Å². The zero-order valence-electron chi connectivity index (χ0n) is 12.0. The van der Waals surface area contributed by atoms with Gasteiger partial charge in [0, 0.05) is 12.4 Å². The van der Waals surface area contributed by atoms with Crippen molar-refractivity contribution in [3.63, 3.8) is 0 Å². The predicted octanol–water partition coefficient (Wildman–Crippen LogP) is 1.65. The Bertz CT molecular complexity index is 550. The van der Waals surface area contributed by atoms with Crippen LogP contribution in [0, 0.1) is 0 Å². The Hall–Kier alpha value is -2.44. The molecule has 0 unspecified atom stereocenters. The van der Waals surface area contributed by atoms with Gasteiger partial charge in [0.05, 0.1) is 13.2 Å². The van der Waals surface area contributed by atoms with E-state index in [2.05, 4.69) is 19.9 Å². The second-order valence-electron chi connectivity index (χ2n) is 4.41. The molecule has 7 heteroatoms. The maximum Gasteiger partial charge on any atom is 0.324 e. The van der Waals surface area contributed by atoms with Crippen LogP contribution in [0.3, 0.4) is 0 Å². The first kappa shape index (κ1) is 15.0. The summed E-state index contributed by atoms with van der Waals surface area (Å²) in [6, 6.07) is 4.37. The molecule has 2 rings (SSSR count). The van der Waals surface area contributed by atoms with Crippen LogP contribution < -0.4 is 15.2 Å². The van der Waals surface area contributed by atoms with Gasteiger partial charge in [-0.3, -0.25) is 4.98 Å². The highest BCUT2D eigenvalue weighted by Gasteiger charge is 2.06. The van der Waals surface area contributed by atoms with E-state index in [1.54, 1.807) is 12.4 Å². The highest BCUT2D eigenvalue weighted by molar-refractivity contribution is 5.20. The van der Waals surface area contributed by atoms with Crippen LogP contribution in [0.5, 0.6) is 12.0 Å². The highest BCUT2D eigenvalue weighted by Crippen LogP contribution is 2.11. The fraction of sp³-hybridized carbons (Fsp3) is 0.429. The lowest BCUT2D eigenvalue weighted by atomic mass is 10.1. The first-order valence-corrected chi connectivity index (χ1v) is 6.94. The lowest BCUT2D eigenvalue weighted by molar-refractivity contribution is 0.260. The van der Waals surface area contributed by atoms with Crippen LogP contribution in [0.1, 0.15) is 25.3 Å². The van der Waals surface area contributed by atoms with E-state index < -0.39 is 0 Å². The minimum Gasteiger partial charge on any atom is -0.463 e. The molecule has 0 aliphatic rings. The molecule has 0 spiro atoms. The van der Waals surface area contributed by atoms with Gasteiger partial charge >= 0.3 is 12.0 Å². The maximum atomic E-state index is 5.60. The fourth-order valence-electron chi connectivity index (χ4n) is 1.66. The molecular formula is C14H19N5O2. The van der Waals surface area contributed by atoms with E-state index >= 15 is 0 Å². The van der Waals surface area contributed by atoms with Gasteiger partial charge < -0.3 is 15.2 Å². The minimum atomic E-state index is 0.0974. The molecule has 0 saturated heterocycles. The van der Waals surface area contributed by atoms with Crippen molar-refractivity contribution in [2.45, 2.75) is 26.2 Å². The van der Waals surface area contributed by atoms with Crippen LogP contribution in [0.2, 0.25) is 0 Å². The summed E-state index contributed by atoms with van der Waals surface area (Å²) in [7, 11) is 0. The average molecular weight is 289 g/mol. The molecule has 0 atom stereocenters. The zero-order valence-corrected chi connectivity index (χ0v) is 12.0. The molecule has 0 aromatic carbocycles. The third-order valence-electron chi connectivity index (χ3n) is 2.64. The number of nitrogens with zero attached hydrogens (tertiary/aromatic N) is 4. The molecule has 2 heterocycles. The predicted molar refractivity (Wildman–Crippen MR) is 78.1 cm³/mol. The Morgan fingerprint density at radius 1 is 1.00 bits per heavy atom. The average Bonchev–Trinajstić information content (AvgIpc) is 2.50. The van der Waals surface area contributed by atoms with Crippen molar-refractivity contribution in [3.05, 3.63) is 30.1 Å². The number of pyridine rings is 1. The largest absolute Gasteiger partial charge is 0.463 e. The van der Waals surface area contributed by atoms with E-state index in [0.29, 0.717) is 13.2 Å². The Morgan fingerprint density at radius 3 is 2.33 bits per heavy atom. The molecule has 7 nitrogen and oxygen atoms in total. The number of aryl methyl sites for hydroxylation is 1. The molecular weight excluding hydrogens is 270 g/mol. The van der Waals surface area contributed by atoms with Gasteiger partial charge in [-0.2, -0.15) is 9.97 Å². The van der Waals surface area contributed by atoms with Crippen molar-refractivity contribution in [1.82, 2.24) is 19.9 Å². The summed E-state index contributed by atoms with van der Waals surface area (Å²) >= 11 is 0. The summed E-state index contributed by atoms with van der Waals surface area (Å²) in [5.41, 5.74) is 6.82. The zero-order chi connectivity index (χ0) is 14.9. The summed E-state index contributed by atoms with van der Waals surface area (Å²) in [6.45, 7) is 3.03. The van der Waals surface area contributed by atoms with Crippen LogP contribution >= 0.6 is 0 Å². The Kier molecular flexibility index (Phi) is 5.69. The fourth-order valence-corrected chi connectivity index (χ4v) is 1.66. The molecule has 2 N–H and O–H groups in total. The van der Waals surface area contributed by atoms with Crippen molar-refractivity contribution >= 4 is 5.95 Å². The molecule has 0 amide bonds. The summed E-state index contributed by atoms with van der Waals surface area (Å²) in [5, 5.41) is 0. The van der Waals surface area contributed by atoms with E-state index in [1.807, 2.05) is 19.1 Å². The number of hydrogen-bond acceptors (Lipinski definition) is 7. The minimum absolute atomic E-state index is 0.0974. The number of nitrogens with two attached hydrogens (primary N) is 1. The van der Waals surface area contributed by atoms with E-state index in [-0.39, 0.29) is 18.0 Å². The highest BCUT2D eigenvalue weighted by atomic mass is 16.5. The number of hydrogen-bond donors (Lipinski definition) is 1. The molecule has 0 aliphatic heterocycles. The Balaban J connectivity index is 1.81. The van der Waals surface area contributed by atoms with E-state index in [0.717, 1.165) is 19.3 Å². The first-order chi connectivity index (χ1) is 10.3. The second kappa shape index (κ2) is 7.98. The van der Waals surface area contributed by atoms with Gasteiger partial charge in [0.25, 0.3) is 0 Å². The second-order valence-corrected chi connectivity index (χ2v) is 4.41. The normalized spacial score (nSPS) is 10.3. The Morgan fingerprint density at radius 2 is 1.67 bits per heavy atom. The van der Waals surface area contributed by atoms with Crippen molar-refractivity contribution in [2.75, 3.05) is 18.9 Å². The third kappa shape index (κ3) is 5.21. The number of anilines is 1. The van der Waals surface area contributed by atoms with Crippen LogP contribution in [0.25, 0.3) is 0 Å². The van der Waals surface area contributed by atoms with Gasteiger partial charge in [-0.25, -0.2) is 0 Å². The molecule has 0 radical (unpaired) electrons. The van der Waals surface area contributed by atoms with E-state index in [9.17, 15) is 0 Å². The molecule has 2 aromatic rings. The topological polar surface area (TPSA) is 96.0 Å². The quantitative estimate of drug-likeness (QED) is 0.738. The smallest absolute Gasteiger partial charge is 0.324 e. The molecule has 0 aliphatic carbocycles. The van der Waals surface area contributed by atoms with Gasteiger partial charge in [0.15, 0.2) is 0 Å². The lowest BCUT2D eigenvalue weighted by Gasteiger charge is -2.07. The number of ether oxygens (including phenoxy) is 2. The van der Waals surface area contributed by atoms with Crippen molar-refractivity contribution < 1.29 is 9.47 Å². The molecule has 2 aromatic heterocycles. The summed E-state index contributed by atoms with van der Waals surface area (Å²) in [5.74, 6) is 0.0974. The van der Waals surface area contributed by atoms with Crippen molar-refractivity contribution in [2.24, 2.45) is 0 Å². The van der Waals surface area contributed by atoms with Crippen LogP contribution in [0.4, 0.5) is 5.95 Å². The monoisotopic (exact) mass is 289 g/mol. The standard InChI is InChI=1S/C14H19N5O2/c1-2-9-20-13-17-12(15)18-14(19-13)21-10-3-4-11-5-7-16-8-6-11/h5-8H,2-4,9-10H2,1H3,(H2,15,17,18,19). The van der Waals surface area contributed by atoms with E-state index in [1.165, 1.54) is 5.56 Å². The van der Waals surface area contributed by atoms with Crippen LogP contribution in [-0.2, 0) is 6.42 Å². The lowest BCUT2D eigenvalue weighted by Crippen LogP contribution is -2.08. The van der Waals surface area contributed by atoms with Crippen LogP contribution in [0.15, 0.2) is 24.5 Å². The van der Waals surface area contributed by atoms with Crippen LogP contribution in [-0.4, -0.2) is 33.1 Å². The molecule has 0 saturated carbocycles. The van der Waals surface area contributed by atoms with Gasteiger partial charge in [-0.1, -0.05) is 6.92 Å². The SMILES string of the molecule is CCCOc1nc(N)nc(OCCCc2ccncc2)n1.